The lowest BCUT2D eigenvalue weighted by Crippen LogP contribution is -2.39. The fourth-order valence-electron chi connectivity index (χ4n) is 3.56. The number of benzene rings is 2. The summed E-state index contributed by atoms with van der Waals surface area (Å²) in [5, 5.41) is 13.0. The van der Waals surface area contributed by atoms with Crippen molar-refractivity contribution in [2.75, 3.05) is 12.4 Å². The Balaban J connectivity index is 1.89. The number of carbonyl (C=O) groups excluding carboxylic acids is 1. The van der Waals surface area contributed by atoms with Crippen molar-refractivity contribution in [3.63, 3.8) is 0 Å². The molecule has 3 N–H and O–H groups in total. The third-order valence-corrected chi connectivity index (χ3v) is 6.41. The molecule has 2 aromatic rings. The van der Waals surface area contributed by atoms with Crippen molar-refractivity contribution in [3.8, 4) is 11.8 Å². The number of ether oxygens (including phenoxy) is 1. The molecule has 156 valence electrons. The Morgan fingerprint density at radius 2 is 2.06 bits per heavy atom. The van der Waals surface area contributed by atoms with E-state index in [4.69, 9.17) is 10.5 Å². The van der Waals surface area contributed by atoms with Gasteiger partial charge in [-0.3, -0.25) is 9.69 Å². The molecule has 0 bridgehead atoms. The maximum atomic E-state index is 13.4. The Morgan fingerprint density at radius 1 is 1.32 bits per heavy atom. The molecule has 2 aliphatic heterocycles. The average Bonchev–Trinajstić information content (AvgIpc) is 3.08. The second kappa shape index (κ2) is 8.49. The van der Waals surface area contributed by atoms with E-state index in [1.54, 1.807) is 18.9 Å². The molecular weight excluding hydrogens is 478 g/mol. The summed E-state index contributed by atoms with van der Waals surface area (Å²) >= 11 is 4.70. The molecule has 0 saturated heterocycles. The van der Waals surface area contributed by atoms with Crippen LogP contribution in [-0.2, 0) is 4.79 Å². The van der Waals surface area contributed by atoms with E-state index < -0.39 is 6.04 Å². The topological polar surface area (TPSA) is 104 Å². The third-order valence-electron chi connectivity index (χ3n) is 4.94. The number of halogens is 1. The molecule has 9 heteroatoms. The number of aliphatic imine (C=N–C) groups is 1. The van der Waals surface area contributed by atoms with Crippen LogP contribution in [0.4, 0.5) is 5.69 Å². The molecule has 0 saturated carbocycles. The number of rotatable bonds is 4. The average molecular weight is 496 g/mol. The number of allylic oxidation sites excluding steroid dienone is 2. The number of hydrogen-bond acceptors (Lipinski definition) is 7. The van der Waals surface area contributed by atoms with Crippen molar-refractivity contribution in [2.45, 2.75) is 13.0 Å². The molecule has 0 aliphatic carbocycles. The SMILES string of the molecule is COc1ccc(Br)cc1[C@@H]1C(C(=O)Nc2ccccc2)=C(C)N=C2SC(C#N)=C(N)N21. The maximum absolute atomic E-state index is 13.4. The summed E-state index contributed by atoms with van der Waals surface area (Å²) in [6.45, 7) is 1.78. The first-order chi connectivity index (χ1) is 14.9. The summed E-state index contributed by atoms with van der Waals surface area (Å²) in [5.74, 6) is 0.549. The van der Waals surface area contributed by atoms with Crippen LogP contribution < -0.4 is 15.8 Å². The summed E-state index contributed by atoms with van der Waals surface area (Å²) in [6.07, 6.45) is 0. The molecule has 0 spiro atoms. The van der Waals surface area contributed by atoms with Crippen LogP contribution in [0, 0.1) is 11.3 Å². The molecular formula is C22H18BrN5O2S. The first-order valence-electron chi connectivity index (χ1n) is 9.30. The number of nitriles is 1. The van der Waals surface area contributed by atoms with E-state index in [2.05, 4.69) is 32.3 Å². The number of para-hydroxylation sites is 1. The van der Waals surface area contributed by atoms with Crippen molar-refractivity contribution in [1.29, 1.82) is 5.26 Å². The third kappa shape index (κ3) is 3.80. The van der Waals surface area contributed by atoms with Gasteiger partial charge in [-0.2, -0.15) is 5.26 Å². The van der Waals surface area contributed by atoms with Gasteiger partial charge in [-0.05, 0) is 49.0 Å². The monoisotopic (exact) mass is 495 g/mol. The second-order valence-corrected chi connectivity index (χ2v) is 8.69. The van der Waals surface area contributed by atoms with Crippen molar-refractivity contribution >= 4 is 44.5 Å². The molecule has 2 aliphatic rings. The van der Waals surface area contributed by atoms with E-state index in [0.717, 1.165) is 10.0 Å². The lowest BCUT2D eigenvalue weighted by molar-refractivity contribution is -0.113. The fraction of sp³-hybridized carbons (Fsp3) is 0.136. The Bertz CT molecular complexity index is 1200. The lowest BCUT2D eigenvalue weighted by Gasteiger charge is -2.35. The largest absolute Gasteiger partial charge is 0.496 e. The zero-order valence-corrected chi connectivity index (χ0v) is 19.1. The van der Waals surface area contributed by atoms with E-state index >= 15 is 0 Å². The fourth-order valence-corrected chi connectivity index (χ4v) is 4.86. The van der Waals surface area contributed by atoms with Crippen LogP contribution in [0.3, 0.4) is 0 Å². The van der Waals surface area contributed by atoms with Crippen molar-refractivity contribution in [3.05, 3.63) is 80.6 Å². The molecule has 2 aromatic carbocycles. The van der Waals surface area contributed by atoms with Crippen LogP contribution in [0.15, 0.2) is 80.0 Å². The number of anilines is 1. The quantitative estimate of drug-likeness (QED) is 0.647. The van der Waals surface area contributed by atoms with Crippen molar-refractivity contribution < 1.29 is 9.53 Å². The number of fused-ring (bicyclic) bond motifs is 1. The molecule has 0 fully saturated rings. The van der Waals surface area contributed by atoms with Gasteiger partial charge in [0.1, 0.15) is 22.5 Å². The number of hydrogen-bond donors (Lipinski definition) is 2. The van der Waals surface area contributed by atoms with Gasteiger partial charge in [-0.25, -0.2) is 4.99 Å². The minimum absolute atomic E-state index is 0.260. The summed E-state index contributed by atoms with van der Waals surface area (Å²) < 4.78 is 6.42. The second-order valence-electron chi connectivity index (χ2n) is 6.80. The highest BCUT2D eigenvalue weighted by Gasteiger charge is 2.43. The summed E-state index contributed by atoms with van der Waals surface area (Å²) in [5.41, 5.74) is 8.70. The van der Waals surface area contributed by atoms with Crippen molar-refractivity contribution in [1.82, 2.24) is 4.90 Å². The van der Waals surface area contributed by atoms with Crippen LogP contribution in [-0.4, -0.2) is 23.1 Å². The molecule has 2 heterocycles. The molecule has 1 atom stereocenters. The minimum atomic E-state index is -0.623. The number of carbonyl (C=O) groups is 1. The number of amidine groups is 1. The maximum Gasteiger partial charge on any atom is 0.255 e. The number of nitrogens with two attached hydrogens (primary N) is 1. The van der Waals surface area contributed by atoms with Crippen LogP contribution in [0.1, 0.15) is 18.5 Å². The Kier molecular flexibility index (Phi) is 5.76. The van der Waals surface area contributed by atoms with Crippen LogP contribution in [0.2, 0.25) is 0 Å². The van der Waals surface area contributed by atoms with Crippen LogP contribution in [0.25, 0.3) is 0 Å². The summed E-state index contributed by atoms with van der Waals surface area (Å²) in [7, 11) is 1.57. The summed E-state index contributed by atoms with van der Waals surface area (Å²) in [6, 6.07) is 16.3. The Hall–Kier alpha value is -3.22. The van der Waals surface area contributed by atoms with E-state index in [9.17, 15) is 10.1 Å². The van der Waals surface area contributed by atoms with Gasteiger partial charge in [0.25, 0.3) is 5.91 Å². The molecule has 0 aromatic heterocycles. The zero-order chi connectivity index (χ0) is 22.1. The molecule has 31 heavy (non-hydrogen) atoms. The van der Waals surface area contributed by atoms with E-state index in [1.807, 2.05) is 48.5 Å². The van der Waals surface area contributed by atoms with E-state index in [1.165, 1.54) is 11.8 Å². The molecule has 1 amide bonds. The normalized spacial score (nSPS) is 17.8. The van der Waals surface area contributed by atoms with E-state index in [-0.39, 0.29) is 11.7 Å². The molecule has 0 radical (unpaired) electrons. The van der Waals surface area contributed by atoms with Gasteiger partial charge in [0.2, 0.25) is 0 Å². The number of amides is 1. The van der Waals surface area contributed by atoms with Gasteiger partial charge in [-0.15, -0.1) is 0 Å². The number of nitrogens with one attached hydrogen (secondary N) is 1. The number of nitrogens with zero attached hydrogens (tertiary/aromatic N) is 3. The first kappa shape index (κ1) is 21.0. The first-order valence-corrected chi connectivity index (χ1v) is 10.9. The van der Waals surface area contributed by atoms with Gasteiger partial charge >= 0.3 is 0 Å². The van der Waals surface area contributed by atoms with Crippen molar-refractivity contribution in [2.24, 2.45) is 10.7 Å². The van der Waals surface area contributed by atoms with Gasteiger partial charge in [0, 0.05) is 15.7 Å². The lowest BCUT2D eigenvalue weighted by atomic mass is 9.93. The molecule has 7 nitrogen and oxygen atoms in total. The zero-order valence-electron chi connectivity index (χ0n) is 16.7. The van der Waals surface area contributed by atoms with Gasteiger partial charge in [0.05, 0.1) is 24.4 Å². The predicted molar refractivity (Wildman–Crippen MR) is 125 cm³/mol. The number of thioether (sulfide) groups is 1. The van der Waals surface area contributed by atoms with Crippen LogP contribution in [0.5, 0.6) is 5.75 Å². The van der Waals surface area contributed by atoms with Crippen LogP contribution >= 0.6 is 27.7 Å². The minimum Gasteiger partial charge on any atom is -0.496 e. The molecule has 0 unspecified atom stereocenters. The van der Waals surface area contributed by atoms with Gasteiger partial charge in [0.15, 0.2) is 5.17 Å². The Morgan fingerprint density at radius 3 is 2.74 bits per heavy atom. The molecule has 4 rings (SSSR count). The smallest absolute Gasteiger partial charge is 0.255 e. The standard InChI is InChI=1S/C22H18BrN5O2S/c1-12-18(21(29)27-14-6-4-3-5-7-14)19(15-10-13(23)8-9-16(15)30-2)28-20(25)17(11-24)31-22(28)26-12/h3-10,19H,25H2,1-2H3,(H,27,29)/t19-/m1/s1. The summed E-state index contributed by atoms with van der Waals surface area (Å²) in [4.78, 5) is 20.1. The van der Waals surface area contributed by atoms with E-state index in [0.29, 0.717) is 32.8 Å². The highest BCUT2D eigenvalue weighted by Crippen LogP contribution is 2.47. The number of methoxy groups -OCH3 is 1. The highest BCUT2D eigenvalue weighted by atomic mass is 79.9. The predicted octanol–water partition coefficient (Wildman–Crippen LogP) is 4.48. The Labute approximate surface area is 192 Å². The highest BCUT2D eigenvalue weighted by molar-refractivity contribution is 9.10. The van der Waals surface area contributed by atoms with Gasteiger partial charge < -0.3 is 15.8 Å². The van der Waals surface area contributed by atoms with Gasteiger partial charge in [-0.1, -0.05) is 34.1 Å².